The molecule has 0 aliphatic carbocycles. The zero-order chi connectivity index (χ0) is 22.7. The van der Waals surface area contributed by atoms with Gasteiger partial charge in [0, 0.05) is 23.1 Å². The standard InChI is InChI=1S/C26H33NO4/c1-7-31-26(29)25(18(5)28)24-17(4)27(22-11-9-8-10-20(22)24)15-19-12-13-23(30-6)21(14-19)16(2)3/h8-14,16,18,25,28H,7,15H2,1-6H3. The molecule has 0 saturated heterocycles. The van der Waals surface area contributed by atoms with Crippen LogP contribution in [0.15, 0.2) is 42.5 Å². The molecule has 5 heteroatoms. The fourth-order valence-corrected chi connectivity index (χ4v) is 4.36. The van der Waals surface area contributed by atoms with Crippen molar-refractivity contribution in [2.24, 2.45) is 0 Å². The first-order valence-corrected chi connectivity index (χ1v) is 10.9. The lowest BCUT2D eigenvalue weighted by molar-refractivity contribution is -0.147. The van der Waals surface area contributed by atoms with Gasteiger partial charge in [-0.05, 0) is 55.5 Å². The molecule has 1 N–H and O–H groups in total. The summed E-state index contributed by atoms with van der Waals surface area (Å²) >= 11 is 0. The maximum atomic E-state index is 12.7. The molecule has 166 valence electrons. The quantitative estimate of drug-likeness (QED) is 0.509. The Morgan fingerprint density at radius 2 is 1.84 bits per heavy atom. The summed E-state index contributed by atoms with van der Waals surface area (Å²) in [6.07, 6.45) is -0.856. The molecule has 0 aliphatic rings. The number of aromatic nitrogens is 1. The molecule has 2 atom stereocenters. The summed E-state index contributed by atoms with van der Waals surface area (Å²) in [5.74, 6) is 0.115. The summed E-state index contributed by atoms with van der Waals surface area (Å²) < 4.78 is 13.0. The zero-order valence-corrected chi connectivity index (χ0v) is 19.3. The van der Waals surface area contributed by atoms with Gasteiger partial charge in [-0.1, -0.05) is 44.2 Å². The third-order valence-electron chi connectivity index (χ3n) is 5.87. The number of hydrogen-bond acceptors (Lipinski definition) is 4. The summed E-state index contributed by atoms with van der Waals surface area (Å²) in [7, 11) is 1.70. The number of carbonyl (C=O) groups is 1. The summed E-state index contributed by atoms with van der Waals surface area (Å²) in [6, 6.07) is 14.3. The second kappa shape index (κ2) is 9.56. The van der Waals surface area contributed by atoms with Crippen molar-refractivity contribution in [1.82, 2.24) is 4.57 Å². The van der Waals surface area contributed by atoms with Crippen LogP contribution in [0, 0.1) is 6.92 Å². The molecule has 1 aromatic heterocycles. The van der Waals surface area contributed by atoms with Gasteiger partial charge in [0.05, 0.1) is 19.8 Å². The van der Waals surface area contributed by atoms with Crippen molar-refractivity contribution in [2.75, 3.05) is 13.7 Å². The molecule has 1 heterocycles. The highest BCUT2D eigenvalue weighted by atomic mass is 16.5. The number of fused-ring (bicyclic) bond motifs is 1. The predicted molar refractivity (Wildman–Crippen MR) is 124 cm³/mol. The lowest BCUT2D eigenvalue weighted by Gasteiger charge is -2.20. The van der Waals surface area contributed by atoms with Crippen molar-refractivity contribution in [2.45, 2.75) is 59.1 Å². The minimum atomic E-state index is -0.856. The Bertz CT molecular complexity index is 1060. The van der Waals surface area contributed by atoms with Crippen LogP contribution in [0.1, 0.15) is 61.9 Å². The van der Waals surface area contributed by atoms with E-state index in [-0.39, 0.29) is 6.61 Å². The summed E-state index contributed by atoms with van der Waals surface area (Å²) in [4.78, 5) is 12.7. The lowest BCUT2D eigenvalue weighted by atomic mass is 9.92. The van der Waals surface area contributed by atoms with Gasteiger partial charge in [0.15, 0.2) is 0 Å². The molecule has 2 unspecified atom stereocenters. The number of carbonyl (C=O) groups excluding carboxylic acids is 1. The van der Waals surface area contributed by atoms with Crippen LogP contribution in [0.4, 0.5) is 0 Å². The van der Waals surface area contributed by atoms with Crippen molar-refractivity contribution < 1.29 is 19.4 Å². The highest BCUT2D eigenvalue weighted by Gasteiger charge is 2.32. The molecule has 31 heavy (non-hydrogen) atoms. The van der Waals surface area contributed by atoms with Crippen LogP contribution in [0.2, 0.25) is 0 Å². The third-order valence-corrected chi connectivity index (χ3v) is 5.87. The molecule has 0 aliphatic heterocycles. The van der Waals surface area contributed by atoms with Gasteiger partial charge in [-0.2, -0.15) is 0 Å². The number of ether oxygens (including phenoxy) is 2. The first-order valence-electron chi connectivity index (χ1n) is 10.9. The minimum Gasteiger partial charge on any atom is -0.496 e. The van der Waals surface area contributed by atoms with E-state index in [0.717, 1.165) is 33.5 Å². The number of aliphatic hydroxyl groups excluding tert-OH is 1. The second-order valence-electron chi connectivity index (χ2n) is 8.30. The summed E-state index contributed by atoms with van der Waals surface area (Å²) in [5.41, 5.74) is 5.16. The van der Waals surface area contributed by atoms with Crippen LogP contribution < -0.4 is 4.74 Å². The SMILES string of the molecule is CCOC(=O)C(c1c(C)n(Cc2ccc(OC)c(C(C)C)c2)c2ccccc12)C(C)O. The highest BCUT2D eigenvalue weighted by molar-refractivity contribution is 5.92. The van der Waals surface area contributed by atoms with Crippen molar-refractivity contribution >= 4 is 16.9 Å². The van der Waals surface area contributed by atoms with Crippen LogP contribution >= 0.6 is 0 Å². The number of rotatable bonds is 8. The maximum Gasteiger partial charge on any atom is 0.316 e. The van der Waals surface area contributed by atoms with Crippen LogP contribution in [-0.4, -0.2) is 35.5 Å². The highest BCUT2D eigenvalue weighted by Crippen LogP contribution is 2.36. The Balaban J connectivity index is 2.14. The van der Waals surface area contributed by atoms with Gasteiger partial charge in [0.2, 0.25) is 0 Å². The van der Waals surface area contributed by atoms with Crippen molar-refractivity contribution in [3.63, 3.8) is 0 Å². The van der Waals surface area contributed by atoms with Crippen LogP contribution in [-0.2, 0) is 16.1 Å². The average Bonchev–Trinajstić information content (AvgIpc) is 3.00. The van der Waals surface area contributed by atoms with Gasteiger partial charge in [0.1, 0.15) is 11.7 Å². The number of hydrogen-bond donors (Lipinski definition) is 1. The minimum absolute atomic E-state index is 0.281. The largest absolute Gasteiger partial charge is 0.496 e. The number of aliphatic hydroxyl groups is 1. The van der Waals surface area contributed by atoms with E-state index in [1.165, 1.54) is 5.56 Å². The van der Waals surface area contributed by atoms with Crippen LogP contribution in [0.25, 0.3) is 10.9 Å². The van der Waals surface area contributed by atoms with Gasteiger partial charge >= 0.3 is 5.97 Å². The lowest BCUT2D eigenvalue weighted by Crippen LogP contribution is -2.26. The maximum absolute atomic E-state index is 12.7. The molecule has 0 radical (unpaired) electrons. The predicted octanol–water partition coefficient (Wildman–Crippen LogP) is 5.16. The molecule has 0 fully saturated rings. The van der Waals surface area contributed by atoms with E-state index in [1.807, 2.05) is 31.2 Å². The van der Waals surface area contributed by atoms with E-state index in [0.29, 0.717) is 12.5 Å². The normalized spacial score (nSPS) is 13.4. The van der Waals surface area contributed by atoms with Crippen molar-refractivity contribution in [3.8, 4) is 5.75 Å². The van der Waals surface area contributed by atoms with E-state index in [4.69, 9.17) is 9.47 Å². The molecule has 3 rings (SSSR count). The Hall–Kier alpha value is -2.79. The van der Waals surface area contributed by atoms with Crippen molar-refractivity contribution in [3.05, 3.63) is 64.8 Å². The van der Waals surface area contributed by atoms with E-state index in [9.17, 15) is 9.90 Å². The molecule has 0 amide bonds. The molecular weight excluding hydrogens is 390 g/mol. The summed E-state index contributed by atoms with van der Waals surface area (Å²) in [5, 5.41) is 11.4. The van der Waals surface area contributed by atoms with Crippen molar-refractivity contribution in [1.29, 1.82) is 0 Å². The second-order valence-corrected chi connectivity index (χ2v) is 8.30. The zero-order valence-electron chi connectivity index (χ0n) is 19.3. The molecule has 3 aromatic rings. The number of methoxy groups -OCH3 is 1. The number of nitrogens with zero attached hydrogens (tertiary/aromatic N) is 1. The number of para-hydroxylation sites is 1. The molecular formula is C26H33NO4. The fourth-order valence-electron chi connectivity index (χ4n) is 4.36. The Morgan fingerprint density at radius 1 is 1.13 bits per heavy atom. The fraction of sp³-hybridized carbons (Fsp3) is 0.423. The van der Waals surface area contributed by atoms with E-state index < -0.39 is 18.0 Å². The number of benzene rings is 2. The molecule has 2 aromatic carbocycles. The summed E-state index contributed by atoms with van der Waals surface area (Å²) in [6.45, 7) is 10.7. The first-order chi connectivity index (χ1) is 14.8. The third kappa shape index (κ3) is 4.47. The number of esters is 1. The topological polar surface area (TPSA) is 60.7 Å². The van der Waals surface area contributed by atoms with E-state index >= 15 is 0 Å². The first kappa shape index (κ1) is 22.9. The average molecular weight is 424 g/mol. The Kier molecular flexibility index (Phi) is 7.06. The smallest absolute Gasteiger partial charge is 0.316 e. The molecule has 0 saturated carbocycles. The monoisotopic (exact) mass is 423 g/mol. The van der Waals surface area contributed by atoms with E-state index in [2.05, 4.69) is 36.6 Å². The van der Waals surface area contributed by atoms with Gasteiger partial charge in [-0.15, -0.1) is 0 Å². The Labute approximate surface area is 184 Å². The van der Waals surface area contributed by atoms with Gasteiger partial charge in [-0.3, -0.25) is 4.79 Å². The molecule has 0 spiro atoms. The van der Waals surface area contributed by atoms with Gasteiger partial charge in [0.25, 0.3) is 0 Å². The van der Waals surface area contributed by atoms with E-state index in [1.54, 1.807) is 21.0 Å². The van der Waals surface area contributed by atoms with Crippen LogP contribution in [0.5, 0.6) is 5.75 Å². The van der Waals surface area contributed by atoms with Crippen LogP contribution in [0.3, 0.4) is 0 Å². The molecule has 5 nitrogen and oxygen atoms in total. The Morgan fingerprint density at radius 3 is 2.45 bits per heavy atom. The van der Waals surface area contributed by atoms with Gasteiger partial charge in [-0.25, -0.2) is 0 Å². The van der Waals surface area contributed by atoms with Gasteiger partial charge < -0.3 is 19.1 Å². The molecule has 0 bridgehead atoms.